The van der Waals surface area contributed by atoms with Gasteiger partial charge in [0, 0.05) is 10.5 Å². The highest BCUT2D eigenvalue weighted by atomic mass is 32.1. The predicted octanol–water partition coefficient (Wildman–Crippen LogP) is 2.89. The zero-order valence-electron chi connectivity index (χ0n) is 10.8. The van der Waals surface area contributed by atoms with Crippen molar-refractivity contribution >= 4 is 28.6 Å². The Labute approximate surface area is 120 Å². The van der Waals surface area contributed by atoms with Gasteiger partial charge in [-0.15, -0.1) is 11.3 Å². The van der Waals surface area contributed by atoms with Gasteiger partial charge in [0.15, 0.2) is 0 Å². The van der Waals surface area contributed by atoms with Crippen LogP contribution in [0.4, 0.5) is 11.4 Å². The standard InChI is InChI=1S/C15H14N2O2S/c16-12-4-3-10(14-2-1-7-20-14)8-13(12)17-15(18)11-5-6-19-9-11/h1-5,7-8H,6,9,16H2,(H,17,18). The fraction of sp³-hybridized carbons (Fsp3) is 0.133. The average Bonchev–Trinajstić information content (AvgIpc) is 3.14. The van der Waals surface area contributed by atoms with E-state index in [-0.39, 0.29) is 5.91 Å². The molecule has 0 atom stereocenters. The number of amides is 1. The highest BCUT2D eigenvalue weighted by molar-refractivity contribution is 7.13. The average molecular weight is 286 g/mol. The second-order valence-corrected chi connectivity index (χ2v) is 5.43. The zero-order chi connectivity index (χ0) is 13.9. The largest absolute Gasteiger partial charge is 0.397 e. The van der Waals surface area contributed by atoms with E-state index < -0.39 is 0 Å². The van der Waals surface area contributed by atoms with Crippen molar-refractivity contribution in [2.24, 2.45) is 0 Å². The first kappa shape index (κ1) is 12.9. The van der Waals surface area contributed by atoms with Crippen LogP contribution in [0.3, 0.4) is 0 Å². The second kappa shape index (κ2) is 5.48. The molecule has 1 aromatic carbocycles. The molecule has 0 aliphatic carbocycles. The van der Waals surface area contributed by atoms with Gasteiger partial charge in [-0.1, -0.05) is 12.1 Å². The molecular formula is C15H14N2O2S. The molecule has 20 heavy (non-hydrogen) atoms. The number of carbonyl (C=O) groups excluding carboxylic acids is 1. The van der Waals surface area contributed by atoms with Crippen LogP contribution in [0.2, 0.25) is 0 Å². The maximum Gasteiger partial charge on any atom is 0.253 e. The molecule has 1 aromatic heterocycles. The number of ether oxygens (including phenoxy) is 1. The van der Waals surface area contributed by atoms with Gasteiger partial charge in [0.25, 0.3) is 5.91 Å². The Hall–Kier alpha value is -2.11. The van der Waals surface area contributed by atoms with Gasteiger partial charge in [0.2, 0.25) is 0 Å². The van der Waals surface area contributed by atoms with Gasteiger partial charge in [-0.05, 0) is 35.2 Å². The van der Waals surface area contributed by atoms with Crippen LogP contribution < -0.4 is 11.1 Å². The summed E-state index contributed by atoms with van der Waals surface area (Å²) in [6, 6.07) is 9.69. The summed E-state index contributed by atoms with van der Waals surface area (Å²) >= 11 is 1.65. The summed E-state index contributed by atoms with van der Waals surface area (Å²) in [5.74, 6) is -0.155. The molecule has 0 radical (unpaired) electrons. The van der Waals surface area contributed by atoms with Crippen LogP contribution >= 0.6 is 11.3 Å². The first-order valence-electron chi connectivity index (χ1n) is 6.25. The lowest BCUT2D eigenvalue weighted by Gasteiger charge is -2.10. The van der Waals surface area contributed by atoms with Crippen molar-refractivity contribution in [1.82, 2.24) is 0 Å². The smallest absolute Gasteiger partial charge is 0.253 e. The van der Waals surface area contributed by atoms with Gasteiger partial charge in [-0.3, -0.25) is 4.79 Å². The van der Waals surface area contributed by atoms with Gasteiger partial charge >= 0.3 is 0 Å². The summed E-state index contributed by atoms with van der Waals surface area (Å²) < 4.78 is 5.15. The van der Waals surface area contributed by atoms with Crippen molar-refractivity contribution in [3.8, 4) is 10.4 Å². The summed E-state index contributed by atoms with van der Waals surface area (Å²) in [5.41, 5.74) is 8.80. The number of nitrogen functional groups attached to an aromatic ring is 1. The normalized spacial score (nSPS) is 14.1. The lowest BCUT2D eigenvalue weighted by Crippen LogP contribution is -2.16. The van der Waals surface area contributed by atoms with Crippen LogP contribution in [0.5, 0.6) is 0 Å². The maximum atomic E-state index is 12.1. The van der Waals surface area contributed by atoms with Crippen molar-refractivity contribution < 1.29 is 9.53 Å². The molecular weight excluding hydrogens is 272 g/mol. The zero-order valence-corrected chi connectivity index (χ0v) is 11.6. The lowest BCUT2D eigenvalue weighted by molar-refractivity contribution is -0.113. The number of nitrogens with one attached hydrogen (secondary N) is 1. The minimum Gasteiger partial charge on any atom is -0.397 e. The van der Waals surface area contributed by atoms with Gasteiger partial charge in [-0.25, -0.2) is 0 Å². The number of hydrogen-bond donors (Lipinski definition) is 2. The number of benzene rings is 1. The van der Waals surface area contributed by atoms with Crippen molar-refractivity contribution in [3.63, 3.8) is 0 Å². The number of hydrogen-bond acceptors (Lipinski definition) is 4. The second-order valence-electron chi connectivity index (χ2n) is 4.48. The molecule has 1 aliphatic heterocycles. The molecule has 3 rings (SSSR count). The molecule has 0 spiro atoms. The van der Waals surface area contributed by atoms with E-state index in [0.717, 1.165) is 10.4 Å². The molecule has 0 fully saturated rings. The molecule has 4 nitrogen and oxygen atoms in total. The Bertz CT molecular complexity index is 663. The summed E-state index contributed by atoms with van der Waals surface area (Å²) in [6.07, 6.45) is 1.79. The van der Waals surface area contributed by atoms with Crippen LogP contribution in [0, 0.1) is 0 Å². The first-order valence-corrected chi connectivity index (χ1v) is 7.13. The number of rotatable bonds is 3. The van der Waals surface area contributed by atoms with E-state index in [0.29, 0.717) is 30.2 Å². The first-order chi connectivity index (χ1) is 9.74. The Morgan fingerprint density at radius 3 is 2.95 bits per heavy atom. The van der Waals surface area contributed by atoms with E-state index in [9.17, 15) is 4.79 Å². The van der Waals surface area contributed by atoms with Crippen molar-refractivity contribution in [1.29, 1.82) is 0 Å². The minimum atomic E-state index is -0.155. The van der Waals surface area contributed by atoms with Crippen molar-refractivity contribution in [3.05, 3.63) is 47.4 Å². The molecule has 3 N–H and O–H groups in total. The van der Waals surface area contributed by atoms with E-state index in [1.165, 1.54) is 0 Å². The number of carbonyl (C=O) groups is 1. The summed E-state index contributed by atoms with van der Waals surface area (Å²) in [7, 11) is 0. The van der Waals surface area contributed by atoms with E-state index >= 15 is 0 Å². The molecule has 2 aromatic rings. The van der Waals surface area contributed by atoms with Gasteiger partial charge in [-0.2, -0.15) is 0 Å². The molecule has 5 heteroatoms. The van der Waals surface area contributed by atoms with Crippen molar-refractivity contribution in [2.45, 2.75) is 0 Å². The fourth-order valence-electron chi connectivity index (χ4n) is 2.01. The Morgan fingerprint density at radius 1 is 1.35 bits per heavy atom. The van der Waals surface area contributed by atoms with Gasteiger partial charge in [0.05, 0.1) is 24.6 Å². The van der Waals surface area contributed by atoms with E-state index in [1.807, 2.05) is 35.7 Å². The molecule has 0 unspecified atom stereocenters. The molecule has 0 saturated carbocycles. The highest BCUT2D eigenvalue weighted by Crippen LogP contribution is 2.30. The lowest BCUT2D eigenvalue weighted by atomic mass is 10.1. The third kappa shape index (κ3) is 2.59. The van der Waals surface area contributed by atoms with E-state index in [1.54, 1.807) is 17.4 Å². The van der Waals surface area contributed by atoms with Gasteiger partial charge < -0.3 is 15.8 Å². The van der Waals surface area contributed by atoms with Crippen LogP contribution in [-0.2, 0) is 9.53 Å². The Kier molecular flexibility index (Phi) is 3.54. The number of anilines is 2. The van der Waals surface area contributed by atoms with Crippen molar-refractivity contribution in [2.75, 3.05) is 24.3 Å². The summed E-state index contributed by atoms with van der Waals surface area (Å²) in [4.78, 5) is 13.2. The molecule has 102 valence electrons. The van der Waals surface area contributed by atoms with Crippen LogP contribution in [0.15, 0.2) is 47.4 Å². The third-order valence-electron chi connectivity index (χ3n) is 3.10. The SMILES string of the molecule is Nc1ccc(-c2cccs2)cc1NC(=O)C1=CCOC1. The Morgan fingerprint density at radius 2 is 2.25 bits per heavy atom. The third-order valence-corrected chi connectivity index (χ3v) is 4.02. The molecule has 0 saturated heterocycles. The predicted molar refractivity (Wildman–Crippen MR) is 81.7 cm³/mol. The molecule has 2 heterocycles. The van der Waals surface area contributed by atoms with Gasteiger partial charge in [0.1, 0.15) is 0 Å². The topological polar surface area (TPSA) is 64.3 Å². The minimum absolute atomic E-state index is 0.155. The van der Waals surface area contributed by atoms with E-state index in [4.69, 9.17) is 10.5 Å². The highest BCUT2D eigenvalue weighted by Gasteiger charge is 2.15. The summed E-state index contributed by atoms with van der Waals surface area (Å²) in [5, 5.41) is 4.87. The summed E-state index contributed by atoms with van der Waals surface area (Å²) in [6.45, 7) is 0.851. The van der Waals surface area contributed by atoms with Crippen LogP contribution in [0.1, 0.15) is 0 Å². The monoisotopic (exact) mass is 286 g/mol. The maximum absolute atomic E-state index is 12.1. The van der Waals surface area contributed by atoms with E-state index in [2.05, 4.69) is 5.32 Å². The van der Waals surface area contributed by atoms with Crippen LogP contribution in [0.25, 0.3) is 10.4 Å². The number of thiophene rings is 1. The molecule has 1 aliphatic rings. The quantitative estimate of drug-likeness (QED) is 0.853. The van der Waals surface area contributed by atoms with Crippen LogP contribution in [-0.4, -0.2) is 19.1 Å². The Balaban J connectivity index is 1.85. The molecule has 1 amide bonds. The fourth-order valence-corrected chi connectivity index (χ4v) is 2.73. The molecule has 0 bridgehead atoms. The number of nitrogens with two attached hydrogens (primary N) is 1.